The summed E-state index contributed by atoms with van der Waals surface area (Å²) in [4.78, 5) is 24.5. The molecule has 5 nitrogen and oxygen atoms in total. The van der Waals surface area contributed by atoms with Gasteiger partial charge in [-0.3, -0.25) is 9.59 Å². The standard InChI is InChI=1S/C18H35O5P/c1-5-9-11-22-17(19)15-16(18(20)23-12-10-6-2)24(21,13-7-3)14-8-4/h16H,5-15H2,1-4H3. The van der Waals surface area contributed by atoms with Gasteiger partial charge in [-0.2, -0.15) is 0 Å². The van der Waals surface area contributed by atoms with Gasteiger partial charge in [-0.1, -0.05) is 40.5 Å². The van der Waals surface area contributed by atoms with Gasteiger partial charge in [-0.05, 0) is 25.7 Å². The van der Waals surface area contributed by atoms with Crippen LogP contribution in [0, 0.1) is 0 Å². The van der Waals surface area contributed by atoms with E-state index in [-0.39, 0.29) is 6.42 Å². The quantitative estimate of drug-likeness (QED) is 0.256. The molecule has 24 heavy (non-hydrogen) atoms. The van der Waals surface area contributed by atoms with Gasteiger partial charge in [0, 0.05) is 12.3 Å². The molecule has 0 aliphatic rings. The molecule has 0 aliphatic heterocycles. The molecule has 1 atom stereocenters. The zero-order valence-corrected chi connectivity index (χ0v) is 16.7. The molecule has 0 saturated carbocycles. The average molecular weight is 362 g/mol. The third kappa shape index (κ3) is 8.86. The molecule has 0 aliphatic carbocycles. The van der Waals surface area contributed by atoms with Crippen molar-refractivity contribution in [2.24, 2.45) is 0 Å². The normalized spacial score (nSPS) is 12.7. The SMILES string of the molecule is CCCCOC(=O)CC(C(=O)OCCCC)P(=O)(CCC)CCC. The van der Waals surface area contributed by atoms with Crippen LogP contribution in [-0.2, 0) is 23.6 Å². The van der Waals surface area contributed by atoms with Crippen molar-refractivity contribution in [1.29, 1.82) is 0 Å². The van der Waals surface area contributed by atoms with E-state index < -0.39 is 24.7 Å². The molecule has 0 rings (SSSR count). The van der Waals surface area contributed by atoms with Crippen molar-refractivity contribution in [3.63, 3.8) is 0 Å². The van der Waals surface area contributed by atoms with Crippen LogP contribution in [0.5, 0.6) is 0 Å². The highest BCUT2D eigenvalue weighted by Gasteiger charge is 2.40. The second kappa shape index (κ2) is 13.5. The minimum absolute atomic E-state index is 0.133. The molecule has 0 bridgehead atoms. The molecule has 0 saturated heterocycles. The highest BCUT2D eigenvalue weighted by molar-refractivity contribution is 7.65. The van der Waals surface area contributed by atoms with Crippen LogP contribution >= 0.6 is 7.14 Å². The van der Waals surface area contributed by atoms with Gasteiger partial charge in [0.25, 0.3) is 0 Å². The first-order chi connectivity index (χ1) is 11.4. The van der Waals surface area contributed by atoms with Crippen molar-refractivity contribution in [3.05, 3.63) is 0 Å². The van der Waals surface area contributed by atoms with E-state index >= 15 is 0 Å². The van der Waals surface area contributed by atoms with Crippen molar-refractivity contribution < 1.29 is 23.6 Å². The summed E-state index contributed by atoms with van der Waals surface area (Å²) in [5.41, 5.74) is -0.858. The van der Waals surface area contributed by atoms with Crippen molar-refractivity contribution in [2.75, 3.05) is 25.5 Å². The van der Waals surface area contributed by atoms with Gasteiger partial charge in [0.15, 0.2) is 0 Å². The van der Waals surface area contributed by atoms with Crippen LogP contribution in [0.15, 0.2) is 0 Å². The molecule has 0 spiro atoms. The Kier molecular flexibility index (Phi) is 13.0. The highest BCUT2D eigenvalue weighted by Crippen LogP contribution is 2.53. The fourth-order valence-electron chi connectivity index (χ4n) is 2.58. The third-order valence-electron chi connectivity index (χ3n) is 3.91. The molecule has 0 aromatic rings. The Labute approximate surface area is 147 Å². The molecule has 0 aromatic heterocycles. The Morgan fingerprint density at radius 3 is 1.79 bits per heavy atom. The van der Waals surface area contributed by atoms with E-state index in [9.17, 15) is 14.2 Å². The maximum Gasteiger partial charge on any atom is 0.317 e. The van der Waals surface area contributed by atoms with E-state index in [2.05, 4.69) is 0 Å². The number of carbonyl (C=O) groups excluding carboxylic acids is 2. The maximum absolute atomic E-state index is 13.3. The van der Waals surface area contributed by atoms with Crippen LogP contribution in [0.25, 0.3) is 0 Å². The summed E-state index contributed by atoms with van der Waals surface area (Å²) in [7, 11) is -2.80. The van der Waals surface area contributed by atoms with Gasteiger partial charge in [-0.15, -0.1) is 0 Å². The lowest BCUT2D eigenvalue weighted by atomic mass is 10.3. The Balaban J connectivity index is 5.07. The Bertz CT molecular complexity index is 398. The van der Waals surface area contributed by atoms with Crippen LogP contribution in [0.3, 0.4) is 0 Å². The lowest BCUT2D eigenvalue weighted by Gasteiger charge is -2.25. The monoisotopic (exact) mass is 362 g/mol. The molecule has 0 heterocycles. The third-order valence-corrected chi connectivity index (χ3v) is 7.85. The van der Waals surface area contributed by atoms with Gasteiger partial charge in [0.2, 0.25) is 0 Å². The average Bonchev–Trinajstić information content (AvgIpc) is 2.53. The molecule has 142 valence electrons. The second-order valence-corrected chi connectivity index (χ2v) is 9.64. The first kappa shape index (κ1) is 23.2. The highest BCUT2D eigenvalue weighted by atomic mass is 31.2. The van der Waals surface area contributed by atoms with Crippen molar-refractivity contribution >= 4 is 19.1 Å². The number of carbonyl (C=O) groups is 2. The number of rotatable bonds is 14. The summed E-state index contributed by atoms with van der Waals surface area (Å²) in [5.74, 6) is -0.950. The number of ether oxygens (including phenoxy) is 2. The van der Waals surface area contributed by atoms with Crippen LogP contribution in [0.4, 0.5) is 0 Å². The number of hydrogen-bond acceptors (Lipinski definition) is 5. The van der Waals surface area contributed by atoms with Crippen molar-refractivity contribution in [1.82, 2.24) is 0 Å². The second-order valence-electron chi connectivity index (χ2n) is 6.21. The Hall–Kier alpha value is -0.830. The van der Waals surface area contributed by atoms with Crippen LogP contribution in [0.1, 0.15) is 72.6 Å². The summed E-state index contributed by atoms with van der Waals surface area (Å²) in [6.45, 7) is 8.57. The fourth-order valence-corrected chi connectivity index (χ4v) is 5.88. The topological polar surface area (TPSA) is 69.7 Å². The van der Waals surface area contributed by atoms with E-state index in [1.54, 1.807) is 0 Å². The van der Waals surface area contributed by atoms with Gasteiger partial charge in [0.1, 0.15) is 12.8 Å². The van der Waals surface area contributed by atoms with Crippen LogP contribution in [0.2, 0.25) is 0 Å². The number of unbranched alkanes of at least 4 members (excludes halogenated alkanes) is 2. The van der Waals surface area contributed by atoms with E-state index in [4.69, 9.17) is 9.47 Å². The van der Waals surface area contributed by atoms with E-state index in [0.717, 1.165) is 38.5 Å². The lowest BCUT2D eigenvalue weighted by Crippen LogP contribution is -2.30. The van der Waals surface area contributed by atoms with Crippen molar-refractivity contribution in [3.8, 4) is 0 Å². The van der Waals surface area contributed by atoms with Gasteiger partial charge >= 0.3 is 11.9 Å². The molecular formula is C18H35O5P. The molecule has 1 unspecified atom stereocenters. The van der Waals surface area contributed by atoms with Crippen LogP contribution in [-0.4, -0.2) is 43.1 Å². The molecule has 0 fully saturated rings. The number of esters is 2. The summed E-state index contributed by atoms with van der Waals surface area (Å²) >= 11 is 0. The minimum atomic E-state index is -2.80. The van der Waals surface area contributed by atoms with Gasteiger partial charge in [0.05, 0.1) is 19.6 Å². The minimum Gasteiger partial charge on any atom is -0.466 e. The molecular weight excluding hydrogens is 327 g/mol. The first-order valence-corrected chi connectivity index (χ1v) is 11.5. The molecule has 0 amide bonds. The first-order valence-electron chi connectivity index (χ1n) is 9.35. The molecule has 0 radical (unpaired) electrons. The van der Waals surface area contributed by atoms with Gasteiger partial charge < -0.3 is 14.0 Å². The van der Waals surface area contributed by atoms with E-state index in [1.807, 2.05) is 27.7 Å². The zero-order valence-electron chi connectivity index (χ0n) is 15.8. The maximum atomic E-state index is 13.3. The zero-order chi connectivity index (χ0) is 18.4. The van der Waals surface area contributed by atoms with Crippen molar-refractivity contribution in [2.45, 2.75) is 78.3 Å². The summed E-state index contributed by atoms with van der Waals surface area (Å²) in [6, 6.07) is 0. The molecule has 6 heteroatoms. The van der Waals surface area contributed by atoms with Gasteiger partial charge in [-0.25, -0.2) is 0 Å². The van der Waals surface area contributed by atoms with E-state index in [0.29, 0.717) is 25.5 Å². The lowest BCUT2D eigenvalue weighted by molar-refractivity contribution is -0.150. The molecule has 0 N–H and O–H groups in total. The predicted molar refractivity (Wildman–Crippen MR) is 98.1 cm³/mol. The fraction of sp³-hybridized carbons (Fsp3) is 0.889. The van der Waals surface area contributed by atoms with E-state index in [1.165, 1.54) is 0 Å². The smallest absolute Gasteiger partial charge is 0.317 e. The molecule has 0 aromatic carbocycles. The Morgan fingerprint density at radius 1 is 0.833 bits per heavy atom. The Morgan fingerprint density at radius 2 is 1.33 bits per heavy atom. The summed E-state index contributed by atoms with van der Waals surface area (Å²) in [6.07, 6.45) is 5.66. The number of hydrogen-bond donors (Lipinski definition) is 0. The summed E-state index contributed by atoms with van der Waals surface area (Å²) in [5, 5.41) is 0. The van der Waals surface area contributed by atoms with Crippen LogP contribution < -0.4 is 0 Å². The largest absolute Gasteiger partial charge is 0.466 e. The summed E-state index contributed by atoms with van der Waals surface area (Å²) < 4.78 is 23.8. The predicted octanol–water partition coefficient (Wildman–Crippen LogP) is 4.61.